The maximum Gasteiger partial charge on any atom is 0.417 e. The van der Waals surface area contributed by atoms with E-state index in [1.165, 1.54) is 16.0 Å². The van der Waals surface area contributed by atoms with E-state index in [0.29, 0.717) is 17.1 Å². The first kappa shape index (κ1) is 22.7. The Morgan fingerprint density at radius 2 is 1.66 bits per heavy atom. The predicted molar refractivity (Wildman–Crippen MR) is 132 cm³/mol. The number of imide groups is 1. The summed E-state index contributed by atoms with van der Waals surface area (Å²) in [6, 6.07) is 22.9. The number of carbonyl (C=O) groups excluding carboxylic acids is 2. The molecule has 0 bridgehead atoms. The van der Waals surface area contributed by atoms with Gasteiger partial charge >= 0.3 is 6.09 Å². The Morgan fingerprint density at radius 1 is 0.971 bits per heavy atom. The number of amides is 2. The second-order valence-electron chi connectivity index (χ2n) is 8.83. The second-order valence-corrected chi connectivity index (χ2v) is 8.83. The molecule has 5 rings (SSSR count). The van der Waals surface area contributed by atoms with Gasteiger partial charge in [0.2, 0.25) is 0 Å². The topological polar surface area (TPSA) is 65.1 Å². The minimum absolute atomic E-state index is 0.0225. The van der Waals surface area contributed by atoms with Crippen LogP contribution in [0, 0.1) is 0 Å². The summed E-state index contributed by atoms with van der Waals surface area (Å²) < 4.78 is 17.1. The third-order valence-electron chi connectivity index (χ3n) is 6.49. The van der Waals surface area contributed by atoms with Crippen molar-refractivity contribution in [1.82, 2.24) is 4.90 Å². The number of fused-ring (bicyclic) bond motifs is 1. The van der Waals surface area contributed by atoms with Crippen molar-refractivity contribution < 1.29 is 23.8 Å². The zero-order valence-corrected chi connectivity index (χ0v) is 19.8. The first-order valence-electron chi connectivity index (χ1n) is 11.7. The monoisotopic (exact) mass is 469 g/mol. The van der Waals surface area contributed by atoms with Crippen LogP contribution in [-0.4, -0.2) is 36.7 Å². The molecule has 3 aromatic carbocycles. The van der Waals surface area contributed by atoms with Gasteiger partial charge in [-0.1, -0.05) is 60.7 Å². The number of ether oxygens (including phenoxy) is 3. The van der Waals surface area contributed by atoms with E-state index in [-0.39, 0.29) is 18.6 Å². The lowest BCUT2D eigenvalue weighted by Gasteiger charge is -2.20. The molecule has 6 heteroatoms. The van der Waals surface area contributed by atoms with E-state index in [1.54, 1.807) is 20.1 Å². The predicted octanol–water partition coefficient (Wildman–Crippen LogP) is 5.36. The van der Waals surface area contributed by atoms with Gasteiger partial charge in [-0.3, -0.25) is 4.79 Å². The van der Waals surface area contributed by atoms with Crippen LogP contribution in [0.2, 0.25) is 0 Å². The molecule has 1 fully saturated rings. The molecule has 1 saturated heterocycles. The SMILES string of the molecule is COc1ccc(/C=C(\C)C(=O)N2C(=O)OCC2c2ccccc2)cc1OC1Cc2ccccc2C1. The van der Waals surface area contributed by atoms with Gasteiger partial charge in [0.25, 0.3) is 5.91 Å². The van der Waals surface area contributed by atoms with Crippen LogP contribution in [0.25, 0.3) is 6.08 Å². The Morgan fingerprint density at radius 3 is 2.34 bits per heavy atom. The first-order valence-corrected chi connectivity index (χ1v) is 11.7. The van der Waals surface area contributed by atoms with E-state index in [2.05, 4.69) is 12.1 Å². The Hall–Kier alpha value is -4.06. The van der Waals surface area contributed by atoms with Crippen molar-refractivity contribution >= 4 is 18.1 Å². The summed E-state index contributed by atoms with van der Waals surface area (Å²) in [7, 11) is 1.61. The van der Waals surface area contributed by atoms with Crippen molar-refractivity contribution in [3.05, 3.63) is 101 Å². The molecule has 178 valence electrons. The number of benzene rings is 3. The summed E-state index contributed by atoms with van der Waals surface area (Å²) in [5.74, 6) is 0.877. The number of carbonyl (C=O) groups is 2. The number of cyclic esters (lactones) is 1. The number of rotatable bonds is 6. The van der Waals surface area contributed by atoms with Crippen LogP contribution in [-0.2, 0) is 22.4 Å². The third kappa shape index (κ3) is 4.64. The van der Waals surface area contributed by atoms with Crippen molar-refractivity contribution in [2.75, 3.05) is 13.7 Å². The van der Waals surface area contributed by atoms with Gasteiger partial charge in [-0.2, -0.15) is 0 Å². The molecule has 2 amide bonds. The minimum atomic E-state index is -0.629. The highest BCUT2D eigenvalue weighted by Gasteiger charge is 2.39. The fourth-order valence-electron chi connectivity index (χ4n) is 4.72. The molecule has 1 aliphatic carbocycles. The van der Waals surface area contributed by atoms with Gasteiger partial charge in [0.15, 0.2) is 11.5 Å². The third-order valence-corrected chi connectivity index (χ3v) is 6.49. The molecule has 1 atom stereocenters. The molecule has 0 N–H and O–H groups in total. The average molecular weight is 470 g/mol. The summed E-state index contributed by atoms with van der Waals surface area (Å²) in [5.41, 5.74) is 4.68. The normalized spacial score (nSPS) is 17.8. The van der Waals surface area contributed by atoms with E-state index in [0.717, 1.165) is 24.0 Å². The van der Waals surface area contributed by atoms with E-state index in [4.69, 9.17) is 14.2 Å². The van der Waals surface area contributed by atoms with Gasteiger partial charge in [0.05, 0.1) is 7.11 Å². The molecule has 0 spiro atoms. The molecule has 0 radical (unpaired) electrons. The molecule has 1 aliphatic heterocycles. The molecule has 0 aromatic heterocycles. The van der Waals surface area contributed by atoms with Crippen molar-refractivity contribution in [2.24, 2.45) is 0 Å². The minimum Gasteiger partial charge on any atom is -0.493 e. The summed E-state index contributed by atoms with van der Waals surface area (Å²) >= 11 is 0. The highest BCUT2D eigenvalue weighted by atomic mass is 16.6. The Bertz CT molecular complexity index is 1260. The first-order chi connectivity index (χ1) is 17.0. The fraction of sp³-hybridized carbons (Fsp3) is 0.241. The molecule has 35 heavy (non-hydrogen) atoms. The zero-order valence-electron chi connectivity index (χ0n) is 19.8. The zero-order chi connectivity index (χ0) is 24.4. The summed E-state index contributed by atoms with van der Waals surface area (Å²) in [6.07, 6.45) is 2.83. The quantitative estimate of drug-likeness (QED) is 0.455. The van der Waals surface area contributed by atoms with Gasteiger partial charge in [-0.15, -0.1) is 0 Å². The summed E-state index contributed by atoms with van der Waals surface area (Å²) in [5, 5.41) is 0. The van der Waals surface area contributed by atoms with Crippen molar-refractivity contribution in [3.8, 4) is 11.5 Å². The van der Waals surface area contributed by atoms with Gasteiger partial charge in [0.1, 0.15) is 18.8 Å². The lowest BCUT2D eigenvalue weighted by atomic mass is 10.1. The van der Waals surface area contributed by atoms with Crippen molar-refractivity contribution in [2.45, 2.75) is 31.9 Å². The van der Waals surface area contributed by atoms with Gasteiger partial charge < -0.3 is 14.2 Å². The van der Waals surface area contributed by atoms with Crippen LogP contribution >= 0.6 is 0 Å². The van der Waals surface area contributed by atoms with Crippen LogP contribution in [0.5, 0.6) is 11.5 Å². The van der Waals surface area contributed by atoms with E-state index >= 15 is 0 Å². The maximum absolute atomic E-state index is 13.3. The summed E-state index contributed by atoms with van der Waals surface area (Å²) in [6.45, 7) is 1.85. The van der Waals surface area contributed by atoms with Crippen molar-refractivity contribution in [3.63, 3.8) is 0 Å². The standard InChI is InChI=1S/C29H27NO5/c1-19(28(31)30-25(18-34-29(30)32)21-8-4-3-5-9-21)14-20-12-13-26(33-2)27(15-20)35-24-16-22-10-6-7-11-23(22)17-24/h3-15,24-25H,16-18H2,1-2H3/b19-14+. The largest absolute Gasteiger partial charge is 0.493 e. The van der Waals surface area contributed by atoms with Crippen LogP contribution in [0.1, 0.15) is 35.2 Å². The molecular formula is C29H27NO5. The lowest BCUT2D eigenvalue weighted by Crippen LogP contribution is -2.34. The molecule has 3 aromatic rings. The van der Waals surface area contributed by atoms with Crippen LogP contribution < -0.4 is 9.47 Å². The second kappa shape index (κ2) is 9.66. The molecule has 1 unspecified atom stereocenters. The van der Waals surface area contributed by atoms with E-state index < -0.39 is 12.1 Å². The lowest BCUT2D eigenvalue weighted by molar-refractivity contribution is -0.125. The van der Waals surface area contributed by atoms with E-state index in [9.17, 15) is 9.59 Å². The summed E-state index contributed by atoms with van der Waals surface area (Å²) in [4.78, 5) is 26.8. The molecule has 6 nitrogen and oxygen atoms in total. The maximum atomic E-state index is 13.3. The van der Waals surface area contributed by atoms with Crippen LogP contribution in [0.3, 0.4) is 0 Å². The van der Waals surface area contributed by atoms with Crippen LogP contribution in [0.4, 0.5) is 4.79 Å². The fourth-order valence-corrected chi connectivity index (χ4v) is 4.72. The number of hydrogen-bond acceptors (Lipinski definition) is 5. The molecule has 2 aliphatic rings. The van der Waals surface area contributed by atoms with Gasteiger partial charge in [0, 0.05) is 18.4 Å². The number of nitrogens with zero attached hydrogens (tertiary/aromatic N) is 1. The number of methoxy groups -OCH3 is 1. The average Bonchev–Trinajstić information content (AvgIpc) is 3.47. The molecular weight excluding hydrogens is 442 g/mol. The van der Waals surface area contributed by atoms with Crippen molar-refractivity contribution in [1.29, 1.82) is 0 Å². The van der Waals surface area contributed by atoms with E-state index in [1.807, 2.05) is 60.7 Å². The van der Waals surface area contributed by atoms with Gasteiger partial charge in [-0.25, -0.2) is 9.69 Å². The highest BCUT2D eigenvalue weighted by molar-refractivity contribution is 6.05. The Labute approximate surface area is 204 Å². The van der Waals surface area contributed by atoms with Crippen LogP contribution in [0.15, 0.2) is 78.4 Å². The van der Waals surface area contributed by atoms with Gasteiger partial charge in [-0.05, 0) is 47.4 Å². The Kier molecular flexibility index (Phi) is 6.27. The number of hydrogen-bond donors (Lipinski definition) is 0. The molecule has 0 saturated carbocycles. The smallest absolute Gasteiger partial charge is 0.417 e. The Balaban J connectivity index is 1.36. The highest BCUT2D eigenvalue weighted by Crippen LogP contribution is 2.34. The molecule has 1 heterocycles.